The number of aliphatic imine (C=N–C) groups is 1. The Balaban J connectivity index is 2.44. The van der Waals surface area contributed by atoms with Gasteiger partial charge in [0.2, 0.25) is 5.91 Å². The van der Waals surface area contributed by atoms with Crippen molar-refractivity contribution in [3.8, 4) is 0 Å². The fourth-order valence-electron chi connectivity index (χ4n) is 2.81. The van der Waals surface area contributed by atoms with Gasteiger partial charge < -0.3 is 14.7 Å². The van der Waals surface area contributed by atoms with Crippen molar-refractivity contribution < 1.29 is 4.79 Å². The predicted octanol–water partition coefficient (Wildman–Crippen LogP) is 0.408. The summed E-state index contributed by atoms with van der Waals surface area (Å²) in [6.07, 6.45) is 3.09. The summed E-state index contributed by atoms with van der Waals surface area (Å²) in [5, 5.41) is 0. The SMILES string of the molecule is CN(C)C(=O)C1CCCN1CCCN=C(N(C)C)N(C)C. The molecule has 0 bridgehead atoms. The lowest BCUT2D eigenvalue weighted by molar-refractivity contribution is -0.133. The zero-order valence-electron chi connectivity index (χ0n) is 14.5. The van der Waals surface area contributed by atoms with Gasteiger partial charge in [-0.3, -0.25) is 14.7 Å². The first-order valence-electron chi connectivity index (χ1n) is 7.69. The number of nitrogens with zero attached hydrogens (tertiary/aromatic N) is 5. The van der Waals surface area contributed by atoms with Crippen LogP contribution >= 0.6 is 0 Å². The van der Waals surface area contributed by atoms with Gasteiger partial charge in [-0.1, -0.05) is 0 Å². The van der Waals surface area contributed by atoms with E-state index in [9.17, 15) is 4.79 Å². The highest BCUT2D eigenvalue weighted by molar-refractivity contribution is 5.81. The maximum atomic E-state index is 12.1. The van der Waals surface area contributed by atoms with Gasteiger partial charge in [0, 0.05) is 55.4 Å². The topological polar surface area (TPSA) is 42.4 Å². The van der Waals surface area contributed by atoms with Crippen molar-refractivity contribution in [2.75, 3.05) is 61.9 Å². The minimum absolute atomic E-state index is 0.0751. The third-order valence-electron chi connectivity index (χ3n) is 3.75. The molecule has 6 heteroatoms. The average Bonchev–Trinajstić information content (AvgIpc) is 2.84. The van der Waals surface area contributed by atoms with Crippen LogP contribution in [0.1, 0.15) is 19.3 Å². The van der Waals surface area contributed by atoms with Crippen molar-refractivity contribution in [3.63, 3.8) is 0 Å². The molecule has 1 aliphatic rings. The summed E-state index contributed by atoms with van der Waals surface area (Å²) in [6.45, 7) is 2.77. The highest BCUT2D eigenvalue weighted by Crippen LogP contribution is 2.18. The van der Waals surface area contributed by atoms with E-state index in [-0.39, 0.29) is 11.9 Å². The van der Waals surface area contributed by atoms with E-state index in [1.54, 1.807) is 4.90 Å². The molecule has 1 rings (SSSR count). The van der Waals surface area contributed by atoms with Crippen LogP contribution in [0.3, 0.4) is 0 Å². The molecule has 0 saturated carbocycles. The van der Waals surface area contributed by atoms with E-state index < -0.39 is 0 Å². The van der Waals surface area contributed by atoms with Crippen LogP contribution in [0, 0.1) is 0 Å². The second kappa shape index (κ2) is 8.22. The molecule has 1 unspecified atom stereocenters. The van der Waals surface area contributed by atoms with Gasteiger partial charge in [0.15, 0.2) is 5.96 Å². The number of likely N-dealkylation sites (N-methyl/N-ethyl adjacent to an activating group) is 1. The van der Waals surface area contributed by atoms with Gasteiger partial charge in [-0.2, -0.15) is 0 Å². The minimum Gasteiger partial charge on any atom is -0.349 e. The summed E-state index contributed by atoms with van der Waals surface area (Å²) in [6, 6.07) is 0.0751. The van der Waals surface area contributed by atoms with E-state index in [1.165, 1.54) is 0 Å². The summed E-state index contributed by atoms with van der Waals surface area (Å²) >= 11 is 0. The molecule has 0 aromatic heterocycles. The lowest BCUT2D eigenvalue weighted by atomic mass is 10.2. The van der Waals surface area contributed by atoms with Crippen molar-refractivity contribution in [2.24, 2.45) is 4.99 Å². The van der Waals surface area contributed by atoms with Crippen LogP contribution in [-0.2, 0) is 4.79 Å². The molecular weight excluding hydrogens is 266 g/mol. The van der Waals surface area contributed by atoms with E-state index in [0.717, 1.165) is 44.9 Å². The van der Waals surface area contributed by atoms with Gasteiger partial charge in [0.05, 0.1) is 6.04 Å². The molecule has 1 heterocycles. The Morgan fingerprint density at radius 1 is 1.10 bits per heavy atom. The van der Waals surface area contributed by atoms with Crippen molar-refractivity contribution in [1.29, 1.82) is 0 Å². The Labute approximate surface area is 129 Å². The van der Waals surface area contributed by atoms with E-state index in [2.05, 4.69) is 9.89 Å². The molecule has 1 aliphatic heterocycles. The summed E-state index contributed by atoms with van der Waals surface area (Å²) in [5.74, 6) is 1.22. The van der Waals surface area contributed by atoms with Gasteiger partial charge in [0.1, 0.15) is 0 Å². The molecule has 0 aliphatic carbocycles. The van der Waals surface area contributed by atoms with Gasteiger partial charge in [0.25, 0.3) is 0 Å². The van der Waals surface area contributed by atoms with Crippen LogP contribution in [-0.4, -0.2) is 99.4 Å². The first kappa shape index (κ1) is 17.8. The Hall–Kier alpha value is -1.30. The molecule has 1 fully saturated rings. The van der Waals surface area contributed by atoms with E-state index in [1.807, 2.05) is 52.1 Å². The van der Waals surface area contributed by atoms with Crippen molar-refractivity contribution in [1.82, 2.24) is 19.6 Å². The molecule has 6 nitrogen and oxygen atoms in total. The van der Waals surface area contributed by atoms with Crippen molar-refractivity contribution >= 4 is 11.9 Å². The number of carbonyl (C=O) groups is 1. The highest BCUT2D eigenvalue weighted by atomic mass is 16.2. The Kier molecular flexibility index (Phi) is 6.95. The normalized spacial score (nSPS) is 18.5. The molecule has 21 heavy (non-hydrogen) atoms. The maximum Gasteiger partial charge on any atom is 0.239 e. The van der Waals surface area contributed by atoms with Crippen molar-refractivity contribution in [3.05, 3.63) is 0 Å². The molecular formula is C15H31N5O. The molecule has 0 aromatic carbocycles. The second-order valence-corrected chi connectivity index (χ2v) is 6.25. The van der Waals surface area contributed by atoms with Gasteiger partial charge in [-0.25, -0.2) is 0 Å². The van der Waals surface area contributed by atoms with Crippen LogP contribution in [0.15, 0.2) is 4.99 Å². The second-order valence-electron chi connectivity index (χ2n) is 6.25. The standard InChI is InChI=1S/C15H31N5O/c1-17(2)14(21)13-9-7-11-20(13)12-8-10-16-15(18(3)4)19(5)6/h13H,7-12H2,1-6H3. The predicted molar refractivity (Wildman–Crippen MR) is 87.6 cm³/mol. The van der Waals surface area contributed by atoms with Crippen LogP contribution < -0.4 is 0 Å². The van der Waals surface area contributed by atoms with E-state index >= 15 is 0 Å². The number of guanidine groups is 1. The highest BCUT2D eigenvalue weighted by Gasteiger charge is 2.30. The number of hydrogen-bond donors (Lipinski definition) is 0. The quantitative estimate of drug-likeness (QED) is 0.419. The van der Waals surface area contributed by atoms with E-state index in [4.69, 9.17) is 0 Å². The summed E-state index contributed by atoms with van der Waals surface area (Å²) in [5.41, 5.74) is 0. The smallest absolute Gasteiger partial charge is 0.239 e. The molecule has 1 saturated heterocycles. The molecule has 0 N–H and O–H groups in total. The number of amides is 1. The summed E-state index contributed by atoms with van der Waals surface area (Å²) < 4.78 is 0. The maximum absolute atomic E-state index is 12.1. The summed E-state index contributed by atoms with van der Waals surface area (Å²) in [4.78, 5) is 24.8. The van der Waals surface area contributed by atoms with Gasteiger partial charge in [-0.05, 0) is 25.8 Å². The Bertz CT molecular complexity index is 355. The Morgan fingerprint density at radius 2 is 1.71 bits per heavy atom. The molecule has 0 radical (unpaired) electrons. The molecule has 0 spiro atoms. The summed E-state index contributed by atoms with van der Waals surface area (Å²) in [7, 11) is 11.7. The van der Waals surface area contributed by atoms with Crippen molar-refractivity contribution in [2.45, 2.75) is 25.3 Å². The van der Waals surface area contributed by atoms with Crippen LogP contribution in [0.2, 0.25) is 0 Å². The lowest BCUT2D eigenvalue weighted by Crippen LogP contribution is -2.43. The molecule has 1 atom stereocenters. The number of rotatable bonds is 5. The average molecular weight is 297 g/mol. The van der Waals surface area contributed by atoms with Crippen LogP contribution in [0.4, 0.5) is 0 Å². The zero-order valence-corrected chi connectivity index (χ0v) is 14.5. The monoisotopic (exact) mass is 297 g/mol. The zero-order chi connectivity index (χ0) is 16.0. The lowest BCUT2D eigenvalue weighted by Gasteiger charge is -2.26. The minimum atomic E-state index is 0.0751. The number of carbonyl (C=O) groups excluding carboxylic acids is 1. The first-order chi connectivity index (χ1) is 9.84. The van der Waals surface area contributed by atoms with Crippen LogP contribution in [0.5, 0.6) is 0 Å². The molecule has 1 amide bonds. The fourth-order valence-corrected chi connectivity index (χ4v) is 2.81. The molecule has 0 aromatic rings. The first-order valence-corrected chi connectivity index (χ1v) is 7.69. The largest absolute Gasteiger partial charge is 0.349 e. The third-order valence-corrected chi connectivity index (χ3v) is 3.75. The molecule has 122 valence electrons. The van der Waals surface area contributed by atoms with Crippen LogP contribution in [0.25, 0.3) is 0 Å². The third kappa shape index (κ3) is 5.19. The number of hydrogen-bond acceptors (Lipinski definition) is 3. The fraction of sp³-hybridized carbons (Fsp3) is 0.867. The van der Waals surface area contributed by atoms with E-state index in [0.29, 0.717) is 0 Å². The Morgan fingerprint density at radius 3 is 2.24 bits per heavy atom. The van der Waals surface area contributed by atoms with Gasteiger partial charge in [-0.15, -0.1) is 0 Å². The number of likely N-dealkylation sites (tertiary alicyclic amines) is 1. The van der Waals surface area contributed by atoms with Gasteiger partial charge >= 0.3 is 0 Å².